The molecule has 12 heteroatoms. The van der Waals surface area contributed by atoms with Crippen molar-refractivity contribution in [2.24, 2.45) is 0 Å². The molecule has 0 amide bonds. The molecule has 4 heterocycles. The van der Waals surface area contributed by atoms with Crippen molar-refractivity contribution in [3.8, 4) is 11.4 Å². The Labute approximate surface area is 155 Å². The molecule has 0 saturated carbocycles. The Hall–Kier alpha value is -3.04. The summed E-state index contributed by atoms with van der Waals surface area (Å²) < 4.78 is 28.7. The number of rotatable bonds is 5. The van der Waals surface area contributed by atoms with E-state index in [0.29, 0.717) is 17.0 Å². The van der Waals surface area contributed by atoms with E-state index >= 15 is 0 Å². The van der Waals surface area contributed by atoms with E-state index in [1.807, 2.05) is 0 Å². The third kappa shape index (κ3) is 2.71. The lowest BCUT2D eigenvalue weighted by molar-refractivity contribution is 0.0834. The van der Waals surface area contributed by atoms with Crippen LogP contribution in [0.5, 0.6) is 0 Å². The number of anilines is 1. The molecule has 1 aliphatic heterocycles. The molecule has 0 bridgehead atoms. The number of fused-ring (bicyclic) bond motifs is 1. The number of nitrogens with zero attached hydrogens (tertiary/aromatic N) is 8. The lowest BCUT2D eigenvalue weighted by atomic mass is 9.93. The summed E-state index contributed by atoms with van der Waals surface area (Å²) in [6, 6.07) is 1.69. The summed E-state index contributed by atoms with van der Waals surface area (Å²) in [7, 11) is -3.29. The van der Waals surface area contributed by atoms with Gasteiger partial charge in [-0.15, -0.1) is 5.10 Å². The van der Waals surface area contributed by atoms with Gasteiger partial charge < -0.3 is 10.6 Å². The van der Waals surface area contributed by atoms with Crippen LogP contribution in [0.25, 0.3) is 21.9 Å². The summed E-state index contributed by atoms with van der Waals surface area (Å²) in [5.74, 6) is 0.684. The van der Waals surface area contributed by atoms with E-state index in [0.717, 1.165) is 0 Å². The average molecular weight is 387 g/mol. The Kier molecular flexibility index (Phi) is 3.86. The maximum Gasteiger partial charge on any atom is 0.242 e. The van der Waals surface area contributed by atoms with Gasteiger partial charge in [-0.05, 0) is 6.92 Å². The molecule has 3 aromatic rings. The van der Waals surface area contributed by atoms with Crippen LogP contribution in [0.2, 0.25) is 0 Å². The Morgan fingerprint density at radius 3 is 2.89 bits per heavy atom. The largest absolute Gasteiger partial charge is 0.366 e. The number of nitrogens with two attached hydrogens (primary N) is 1. The van der Waals surface area contributed by atoms with Crippen LogP contribution in [-0.4, -0.2) is 67.5 Å². The minimum absolute atomic E-state index is 0.0328. The van der Waals surface area contributed by atoms with Gasteiger partial charge in [0.2, 0.25) is 22.5 Å². The lowest BCUT2D eigenvalue weighted by Crippen LogP contribution is -2.65. The van der Waals surface area contributed by atoms with Gasteiger partial charge in [0.25, 0.3) is 0 Å². The van der Waals surface area contributed by atoms with Crippen LogP contribution in [0.15, 0.2) is 24.7 Å². The summed E-state index contributed by atoms with van der Waals surface area (Å²) in [5, 5.41) is 8.51. The van der Waals surface area contributed by atoms with Crippen LogP contribution in [0, 0.1) is 6.57 Å². The number of hydrogen-bond donors (Lipinski definition) is 1. The fraction of sp³-hybridized carbons (Fsp3) is 0.400. The van der Waals surface area contributed by atoms with E-state index in [9.17, 15) is 8.42 Å². The van der Waals surface area contributed by atoms with Crippen molar-refractivity contribution < 1.29 is 8.42 Å². The van der Waals surface area contributed by atoms with Crippen LogP contribution < -0.4 is 5.73 Å². The molecule has 140 valence electrons. The number of sulfonamides is 1. The summed E-state index contributed by atoms with van der Waals surface area (Å²) in [4.78, 5) is 11.9. The predicted octanol–water partition coefficient (Wildman–Crippen LogP) is -0.150. The molecule has 0 radical (unpaired) electrons. The van der Waals surface area contributed by atoms with Gasteiger partial charge in [0, 0.05) is 31.5 Å². The molecular formula is C15H17N9O2S. The van der Waals surface area contributed by atoms with Gasteiger partial charge in [-0.25, -0.2) is 20.0 Å². The summed E-state index contributed by atoms with van der Waals surface area (Å²) in [6.45, 7) is 9.45. The highest BCUT2D eigenvalue weighted by Crippen LogP contribution is 2.33. The van der Waals surface area contributed by atoms with Crippen molar-refractivity contribution in [1.29, 1.82) is 0 Å². The fourth-order valence-electron chi connectivity index (χ4n) is 3.18. The van der Waals surface area contributed by atoms with E-state index in [1.54, 1.807) is 36.3 Å². The molecule has 27 heavy (non-hydrogen) atoms. The van der Waals surface area contributed by atoms with Gasteiger partial charge in [-0.1, -0.05) is 0 Å². The second-order valence-corrected chi connectivity index (χ2v) is 8.65. The fourth-order valence-corrected chi connectivity index (χ4v) is 4.42. The molecule has 0 unspecified atom stereocenters. The Morgan fingerprint density at radius 1 is 1.41 bits per heavy atom. The highest BCUT2D eigenvalue weighted by atomic mass is 32.2. The standard InChI is InChI=1S/C15H17N9O2S/c1-3-27(25,26)22-9-15(10-22,8-17-2)23-7-11(6-19-23)13-18-5-4-12-20-14(16)21-24(12)13/h4-7H,3,8-10H2,1H3,(H2,16,21). The molecule has 0 atom stereocenters. The van der Waals surface area contributed by atoms with E-state index < -0.39 is 15.6 Å². The van der Waals surface area contributed by atoms with Crippen LogP contribution in [-0.2, 0) is 15.6 Å². The van der Waals surface area contributed by atoms with Crippen LogP contribution >= 0.6 is 0 Å². The van der Waals surface area contributed by atoms with Crippen LogP contribution in [0.1, 0.15) is 6.92 Å². The Balaban J connectivity index is 1.70. The van der Waals surface area contributed by atoms with E-state index in [2.05, 4.69) is 25.0 Å². The van der Waals surface area contributed by atoms with E-state index in [1.165, 1.54) is 8.82 Å². The molecule has 1 aliphatic rings. The van der Waals surface area contributed by atoms with Crippen molar-refractivity contribution in [2.45, 2.75) is 12.5 Å². The number of nitrogen functional groups attached to an aromatic ring is 1. The Bertz CT molecular complexity index is 1150. The monoisotopic (exact) mass is 387 g/mol. The van der Waals surface area contributed by atoms with Crippen molar-refractivity contribution in [3.05, 3.63) is 36.1 Å². The molecule has 4 rings (SSSR count). The molecule has 11 nitrogen and oxygen atoms in total. The summed E-state index contributed by atoms with van der Waals surface area (Å²) in [6.07, 6.45) is 4.97. The first kappa shape index (κ1) is 17.4. The molecule has 0 spiro atoms. The first-order chi connectivity index (χ1) is 12.9. The topological polar surface area (TPSA) is 129 Å². The van der Waals surface area contributed by atoms with Gasteiger partial charge in [0.1, 0.15) is 0 Å². The smallest absolute Gasteiger partial charge is 0.242 e. The predicted molar refractivity (Wildman–Crippen MR) is 96.9 cm³/mol. The first-order valence-corrected chi connectivity index (χ1v) is 9.83. The SMILES string of the molecule is [C-]#[N+]CC1(n2cc(-c3nccc4nc(N)nn34)cn2)CN(S(=O)(=O)CC)C1. The second-order valence-electron chi connectivity index (χ2n) is 6.39. The molecule has 0 aromatic carbocycles. The van der Waals surface area contributed by atoms with Crippen molar-refractivity contribution in [2.75, 3.05) is 31.1 Å². The lowest BCUT2D eigenvalue weighted by Gasteiger charge is -2.45. The molecule has 3 aromatic heterocycles. The minimum Gasteiger partial charge on any atom is -0.366 e. The van der Waals surface area contributed by atoms with Gasteiger partial charge in [0.15, 0.2) is 17.0 Å². The molecule has 1 saturated heterocycles. The van der Waals surface area contributed by atoms with Crippen molar-refractivity contribution in [1.82, 2.24) is 33.7 Å². The van der Waals surface area contributed by atoms with E-state index in [4.69, 9.17) is 12.3 Å². The first-order valence-electron chi connectivity index (χ1n) is 8.22. The van der Waals surface area contributed by atoms with Gasteiger partial charge >= 0.3 is 0 Å². The minimum atomic E-state index is -3.29. The molecule has 2 N–H and O–H groups in total. The summed E-state index contributed by atoms with van der Waals surface area (Å²) in [5.41, 5.74) is 6.21. The third-order valence-corrected chi connectivity index (χ3v) is 6.44. The van der Waals surface area contributed by atoms with Crippen LogP contribution in [0.4, 0.5) is 5.95 Å². The average Bonchev–Trinajstić information content (AvgIpc) is 3.23. The second kappa shape index (κ2) is 6.00. The maximum absolute atomic E-state index is 12.1. The van der Waals surface area contributed by atoms with Crippen LogP contribution in [0.3, 0.4) is 0 Å². The normalized spacial score (nSPS) is 16.9. The van der Waals surface area contributed by atoms with Gasteiger partial charge in [-0.3, -0.25) is 4.68 Å². The highest BCUT2D eigenvalue weighted by Gasteiger charge is 2.52. The van der Waals surface area contributed by atoms with Crippen molar-refractivity contribution in [3.63, 3.8) is 0 Å². The molecule has 0 aliphatic carbocycles. The quantitative estimate of drug-likeness (QED) is 0.603. The third-order valence-electron chi connectivity index (χ3n) is 4.67. The van der Waals surface area contributed by atoms with Gasteiger partial charge in [-0.2, -0.15) is 18.9 Å². The zero-order valence-corrected chi connectivity index (χ0v) is 15.3. The molecule has 1 fully saturated rings. The zero-order valence-electron chi connectivity index (χ0n) is 14.5. The highest BCUT2D eigenvalue weighted by molar-refractivity contribution is 7.89. The Morgan fingerprint density at radius 2 is 2.19 bits per heavy atom. The van der Waals surface area contributed by atoms with Crippen molar-refractivity contribution >= 4 is 21.6 Å². The van der Waals surface area contributed by atoms with E-state index in [-0.39, 0.29) is 31.3 Å². The number of aromatic nitrogens is 6. The number of hydrogen-bond acceptors (Lipinski definition) is 7. The van der Waals surface area contributed by atoms with Gasteiger partial charge in [0.05, 0.1) is 17.5 Å². The summed E-state index contributed by atoms with van der Waals surface area (Å²) >= 11 is 0. The zero-order chi connectivity index (χ0) is 19.2. The molecular weight excluding hydrogens is 370 g/mol. The maximum atomic E-state index is 12.1.